The summed E-state index contributed by atoms with van der Waals surface area (Å²) in [6.07, 6.45) is 3.67. The number of ether oxygens (including phenoxy) is 1. The van der Waals surface area contributed by atoms with Gasteiger partial charge in [-0.2, -0.15) is 0 Å². The molecule has 1 nitrogen and oxygen atoms in total. The van der Waals surface area contributed by atoms with Crippen LogP contribution in [0.5, 0.6) is 11.5 Å². The lowest BCUT2D eigenvalue weighted by Crippen LogP contribution is -1.98. The zero-order valence-electron chi connectivity index (χ0n) is 14.3. The highest BCUT2D eigenvalue weighted by Gasteiger charge is 2.19. The highest BCUT2D eigenvalue weighted by molar-refractivity contribution is 9.25. The summed E-state index contributed by atoms with van der Waals surface area (Å²) in [7, 11) is 0. The molecule has 0 saturated heterocycles. The first kappa shape index (κ1) is 28.3. The van der Waals surface area contributed by atoms with Gasteiger partial charge in [0.2, 0.25) is 0 Å². The standard InChI is InChI=1S/C18H12Br10O/c19-11(20)3-1-7-5-9(15(25)17(27)13(7)23)29-10-6-8(2-4-12(21)22)14(24)18(28)16(10)26/h5-6,11-12H,1-4H2. The van der Waals surface area contributed by atoms with Crippen molar-refractivity contribution in [2.24, 2.45) is 0 Å². The van der Waals surface area contributed by atoms with Crippen molar-refractivity contribution in [1.29, 1.82) is 0 Å². The van der Waals surface area contributed by atoms with Gasteiger partial charge in [0.15, 0.2) is 0 Å². The molecule has 0 fully saturated rings. The second kappa shape index (κ2) is 13.2. The largest absolute Gasteiger partial charge is 0.455 e. The molecule has 0 N–H and O–H groups in total. The normalized spacial score (nSPS) is 11.6. The number of rotatable bonds is 8. The van der Waals surface area contributed by atoms with Gasteiger partial charge in [-0.25, -0.2) is 0 Å². The lowest BCUT2D eigenvalue weighted by atomic mass is 10.1. The molecule has 0 spiro atoms. The predicted octanol–water partition coefficient (Wildman–Crippen LogP) is 12.2. The summed E-state index contributed by atoms with van der Waals surface area (Å²) in [4.78, 5) is 0. The summed E-state index contributed by atoms with van der Waals surface area (Å²) in [6.45, 7) is 0. The Labute approximate surface area is 254 Å². The third-order valence-electron chi connectivity index (χ3n) is 3.86. The van der Waals surface area contributed by atoms with Crippen molar-refractivity contribution in [3.05, 3.63) is 50.1 Å². The van der Waals surface area contributed by atoms with Gasteiger partial charge in [-0.3, -0.25) is 0 Å². The van der Waals surface area contributed by atoms with Crippen molar-refractivity contribution in [2.45, 2.75) is 33.2 Å². The van der Waals surface area contributed by atoms with Crippen molar-refractivity contribution in [2.75, 3.05) is 0 Å². The monoisotopic (exact) mass is 1030 g/mol. The molecule has 0 aliphatic carbocycles. The van der Waals surface area contributed by atoms with Crippen LogP contribution in [0.25, 0.3) is 0 Å². The van der Waals surface area contributed by atoms with Crippen LogP contribution < -0.4 is 4.74 Å². The molecule has 2 aromatic rings. The summed E-state index contributed by atoms with van der Waals surface area (Å²) in [5.41, 5.74) is 2.32. The summed E-state index contributed by atoms with van der Waals surface area (Å²) < 4.78 is 12.5. The van der Waals surface area contributed by atoms with Crippen molar-refractivity contribution in [3.8, 4) is 11.5 Å². The topological polar surface area (TPSA) is 9.23 Å². The minimum Gasteiger partial charge on any atom is -0.455 e. The van der Waals surface area contributed by atoms with Crippen LogP contribution in [0.1, 0.15) is 24.0 Å². The van der Waals surface area contributed by atoms with E-state index in [1.54, 1.807) is 0 Å². The van der Waals surface area contributed by atoms with E-state index in [1.807, 2.05) is 0 Å². The summed E-state index contributed by atoms with van der Waals surface area (Å²) in [5.74, 6) is 1.49. The van der Waals surface area contributed by atoms with Crippen LogP contribution in [0.4, 0.5) is 0 Å². The van der Waals surface area contributed by atoms with Crippen LogP contribution in [0.2, 0.25) is 0 Å². The molecule has 0 amide bonds. The first-order valence-electron chi connectivity index (χ1n) is 8.09. The van der Waals surface area contributed by atoms with Crippen LogP contribution in [-0.4, -0.2) is 7.47 Å². The lowest BCUT2D eigenvalue weighted by Gasteiger charge is -2.17. The van der Waals surface area contributed by atoms with Crippen LogP contribution >= 0.6 is 159 Å². The first-order chi connectivity index (χ1) is 13.5. The van der Waals surface area contributed by atoms with E-state index in [0.29, 0.717) is 0 Å². The lowest BCUT2D eigenvalue weighted by molar-refractivity contribution is 0.473. The predicted molar refractivity (Wildman–Crippen MR) is 159 cm³/mol. The Morgan fingerprint density at radius 1 is 0.552 bits per heavy atom. The van der Waals surface area contributed by atoms with Gasteiger partial charge in [0.1, 0.15) is 11.5 Å². The zero-order chi connectivity index (χ0) is 21.9. The Morgan fingerprint density at radius 3 is 1.21 bits per heavy atom. The molecule has 0 heterocycles. The average Bonchev–Trinajstić information content (AvgIpc) is 2.66. The zero-order valence-corrected chi connectivity index (χ0v) is 30.2. The molecule has 0 radical (unpaired) electrons. The second-order valence-corrected chi connectivity index (χ2v) is 17.5. The minimum absolute atomic E-state index is 0.264. The average molecular weight is 1040 g/mol. The Bertz CT molecular complexity index is 810. The van der Waals surface area contributed by atoms with E-state index in [1.165, 1.54) is 0 Å². The number of alkyl halides is 4. The fourth-order valence-corrected chi connectivity index (χ4v) is 6.58. The molecule has 0 aliphatic heterocycles. The fourth-order valence-electron chi connectivity index (χ4n) is 2.42. The van der Waals surface area contributed by atoms with Gasteiger partial charge in [-0.1, -0.05) is 63.7 Å². The van der Waals surface area contributed by atoms with Gasteiger partial charge in [0.05, 0.1) is 16.4 Å². The fraction of sp³-hybridized carbons (Fsp3) is 0.333. The molecule has 11 heteroatoms. The highest BCUT2D eigenvalue weighted by atomic mass is 79.9. The summed E-state index contributed by atoms with van der Waals surface area (Å²) in [5, 5.41) is 0. The van der Waals surface area contributed by atoms with E-state index >= 15 is 0 Å². The second-order valence-electron chi connectivity index (χ2n) is 5.91. The van der Waals surface area contributed by atoms with E-state index in [0.717, 1.165) is 75.1 Å². The van der Waals surface area contributed by atoms with Crippen LogP contribution in [0.15, 0.2) is 39.0 Å². The summed E-state index contributed by atoms with van der Waals surface area (Å²) >= 11 is 36.2. The van der Waals surface area contributed by atoms with Crippen molar-refractivity contribution in [1.82, 2.24) is 0 Å². The SMILES string of the molecule is Brc1c(CCC(Br)Br)cc(Oc2cc(CCC(Br)Br)c(Br)c(Br)c2Br)c(Br)c1Br. The molecule has 0 aromatic heterocycles. The third kappa shape index (κ3) is 8.05. The number of hydrogen-bond donors (Lipinski definition) is 0. The molecular weight excluding hydrogens is 1030 g/mol. The third-order valence-corrected chi connectivity index (χ3v) is 12.8. The van der Waals surface area contributed by atoms with Gasteiger partial charge in [0.25, 0.3) is 0 Å². The number of halogens is 10. The molecule has 29 heavy (non-hydrogen) atoms. The van der Waals surface area contributed by atoms with Crippen LogP contribution in [-0.2, 0) is 12.8 Å². The van der Waals surface area contributed by atoms with Crippen LogP contribution in [0.3, 0.4) is 0 Å². The molecule has 0 aliphatic rings. The molecule has 2 aromatic carbocycles. The highest BCUT2D eigenvalue weighted by Crippen LogP contribution is 2.46. The molecule has 160 valence electrons. The molecule has 0 unspecified atom stereocenters. The van der Waals surface area contributed by atoms with E-state index < -0.39 is 0 Å². The van der Waals surface area contributed by atoms with Gasteiger partial charge in [-0.05, 0) is 145 Å². The maximum absolute atomic E-state index is 6.36. The van der Waals surface area contributed by atoms with Crippen molar-refractivity contribution < 1.29 is 4.74 Å². The molecule has 2 rings (SSSR count). The number of aryl methyl sites for hydroxylation is 2. The number of hydrogen-bond acceptors (Lipinski definition) is 1. The van der Waals surface area contributed by atoms with Gasteiger partial charge in [-0.15, -0.1) is 0 Å². The Morgan fingerprint density at radius 2 is 0.897 bits per heavy atom. The van der Waals surface area contributed by atoms with E-state index in [-0.39, 0.29) is 7.47 Å². The number of benzene rings is 2. The first-order valence-corrected chi connectivity index (χ1v) is 16.5. The van der Waals surface area contributed by atoms with E-state index in [4.69, 9.17) is 4.74 Å². The van der Waals surface area contributed by atoms with Gasteiger partial charge in [0, 0.05) is 17.9 Å². The maximum Gasteiger partial charge on any atom is 0.143 e. The van der Waals surface area contributed by atoms with E-state index in [9.17, 15) is 0 Å². The maximum atomic E-state index is 6.36. The molecule has 0 saturated carbocycles. The van der Waals surface area contributed by atoms with Gasteiger partial charge >= 0.3 is 0 Å². The minimum atomic E-state index is 0.264. The van der Waals surface area contributed by atoms with E-state index in [2.05, 4.69) is 171 Å². The Balaban J connectivity index is 2.44. The Kier molecular flexibility index (Phi) is 12.9. The molecular formula is C18H12Br10O. The van der Waals surface area contributed by atoms with Crippen molar-refractivity contribution >= 4 is 159 Å². The van der Waals surface area contributed by atoms with Crippen molar-refractivity contribution in [3.63, 3.8) is 0 Å². The summed E-state index contributed by atoms with van der Waals surface area (Å²) in [6, 6.07) is 4.13. The molecule has 0 atom stereocenters. The Hall–Kier alpha value is 3.04. The quantitative estimate of drug-likeness (QED) is 0.189. The van der Waals surface area contributed by atoms with Gasteiger partial charge < -0.3 is 4.74 Å². The van der Waals surface area contributed by atoms with Crippen LogP contribution in [0, 0.1) is 0 Å². The smallest absolute Gasteiger partial charge is 0.143 e. The molecule has 0 bridgehead atoms.